The summed E-state index contributed by atoms with van der Waals surface area (Å²) in [5.74, 6) is 0.616. The topological polar surface area (TPSA) is 37.8 Å². The first kappa shape index (κ1) is 8.13. The van der Waals surface area contributed by atoms with E-state index >= 15 is 0 Å². The number of aryl methyl sites for hydroxylation is 1. The fraction of sp³-hybridized carbons (Fsp3) is 0.750. The summed E-state index contributed by atoms with van der Waals surface area (Å²) in [5.41, 5.74) is 0. The van der Waals surface area contributed by atoms with E-state index in [1.54, 1.807) is 11.3 Å². The molecule has 1 N–H and O–H groups in total. The van der Waals surface area contributed by atoms with Crippen molar-refractivity contribution in [1.29, 1.82) is 0 Å². The van der Waals surface area contributed by atoms with Gasteiger partial charge >= 0.3 is 0 Å². The van der Waals surface area contributed by atoms with Crippen molar-refractivity contribution in [2.75, 3.05) is 13.1 Å². The van der Waals surface area contributed by atoms with Gasteiger partial charge in [-0.25, -0.2) is 0 Å². The molecule has 1 aliphatic rings. The molecule has 0 saturated carbocycles. The predicted octanol–water partition coefficient (Wildman–Crippen LogP) is 1.31. The lowest BCUT2D eigenvalue weighted by molar-refractivity contribution is 0.458. The number of rotatable bonds is 1. The van der Waals surface area contributed by atoms with Crippen LogP contribution in [0.1, 0.15) is 28.8 Å². The summed E-state index contributed by atoms with van der Waals surface area (Å²) < 4.78 is 0. The fourth-order valence-electron chi connectivity index (χ4n) is 1.54. The maximum Gasteiger partial charge on any atom is 0.121 e. The number of hydrogen-bond donors (Lipinski definition) is 1. The molecular weight excluding hydrogens is 170 g/mol. The molecule has 1 aromatic rings. The molecule has 66 valence electrons. The minimum Gasteiger partial charge on any atom is -0.316 e. The van der Waals surface area contributed by atoms with Crippen molar-refractivity contribution in [3.63, 3.8) is 0 Å². The molecule has 0 amide bonds. The van der Waals surface area contributed by atoms with Crippen molar-refractivity contribution in [2.24, 2.45) is 0 Å². The van der Waals surface area contributed by atoms with E-state index in [1.165, 1.54) is 17.8 Å². The standard InChI is InChI=1S/C8H13N3S/c1-6-10-11-8(12-6)7-3-2-4-9-5-7/h7,9H,2-5H2,1H3. The number of piperidine rings is 1. The molecule has 1 aliphatic heterocycles. The first-order chi connectivity index (χ1) is 5.86. The summed E-state index contributed by atoms with van der Waals surface area (Å²) >= 11 is 1.73. The molecule has 12 heavy (non-hydrogen) atoms. The Balaban J connectivity index is 2.08. The average molecular weight is 183 g/mol. The van der Waals surface area contributed by atoms with Crippen LogP contribution in [0.25, 0.3) is 0 Å². The molecule has 4 heteroatoms. The zero-order chi connectivity index (χ0) is 8.39. The molecule has 3 nitrogen and oxygen atoms in total. The normalized spacial score (nSPS) is 24.2. The van der Waals surface area contributed by atoms with Crippen molar-refractivity contribution >= 4 is 11.3 Å². The van der Waals surface area contributed by atoms with Crippen LogP contribution in [-0.2, 0) is 0 Å². The predicted molar refractivity (Wildman–Crippen MR) is 49.5 cm³/mol. The van der Waals surface area contributed by atoms with Gasteiger partial charge in [-0.3, -0.25) is 0 Å². The number of aromatic nitrogens is 2. The van der Waals surface area contributed by atoms with E-state index in [-0.39, 0.29) is 0 Å². The van der Waals surface area contributed by atoms with E-state index in [0.717, 1.165) is 18.1 Å². The van der Waals surface area contributed by atoms with E-state index in [2.05, 4.69) is 15.5 Å². The van der Waals surface area contributed by atoms with Crippen LogP contribution in [0.15, 0.2) is 0 Å². The summed E-state index contributed by atoms with van der Waals surface area (Å²) in [6.07, 6.45) is 2.53. The monoisotopic (exact) mass is 183 g/mol. The third-order valence-electron chi connectivity index (χ3n) is 2.19. The smallest absolute Gasteiger partial charge is 0.121 e. The molecule has 1 fully saturated rings. The highest BCUT2D eigenvalue weighted by molar-refractivity contribution is 7.11. The molecule has 0 spiro atoms. The van der Waals surface area contributed by atoms with E-state index in [9.17, 15) is 0 Å². The Morgan fingerprint density at radius 2 is 2.42 bits per heavy atom. The van der Waals surface area contributed by atoms with Crippen LogP contribution in [-0.4, -0.2) is 23.3 Å². The summed E-state index contributed by atoms with van der Waals surface area (Å²) in [5, 5.41) is 13.9. The first-order valence-electron chi connectivity index (χ1n) is 4.37. The quantitative estimate of drug-likeness (QED) is 0.713. The number of nitrogens with one attached hydrogen (secondary N) is 1. The van der Waals surface area contributed by atoms with Gasteiger partial charge in [0, 0.05) is 12.5 Å². The van der Waals surface area contributed by atoms with E-state index in [1.807, 2.05) is 6.92 Å². The largest absolute Gasteiger partial charge is 0.316 e. The Labute approximate surface area is 76.2 Å². The zero-order valence-corrected chi connectivity index (χ0v) is 8.02. The Bertz CT molecular complexity index is 253. The molecule has 1 aromatic heterocycles. The summed E-state index contributed by atoms with van der Waals surface area (Å²) in [7, 11) is 0. The first-order valence-corrected chi connectivity index (χ1v) is 5.18. The summed E-state index contributed by atoms with van der Waals surface area (Å²) in [6, 6.07) is 0. The number of nitrogens with zero attached hydrogens (tertiary/aromatic N) is 2. The van der Waals surface area contributed by atoms with Gasteiger partial charge in [0.2, 0.25) is 0 Å². The van der Waals surface area contributed by atoms with Gasteiger partial charge < -0.3 is 5.32 Å². The maximum atomic E-state index is 4.17. The second-order valence-electron chi connectivity index (χ2n) is 3.20. The molecule has 1 atom stereocenters. The van der Waals surface area contributed by atoms with Crippen molar-refractivity contribution in [3.05, 3.63) is 10.0 Å². The van der Waals surface area contributed by atoms with Crippen LogP contribution in [0.3, 0.4) is 0 Å². The fourth-order valence-corrected chi connectivity index (χ4v) is 2.37. The molecule has 1 saturated heterocycles. The Hall–Kier alpha value is -0.480. The van der Waals surface area contributed by atoms with Crippen molar-refractivity contribution in [1.82, 2.24) is 15.5 Å². The second kappa shape index (κ2) is 3.49. The lowest BCUT2D eigenvalue weighted by Crippen LogP contribution is -2.28. The molecule has 2 heterocycles. The van der Waals surface area contributed by atoms with Gasteiger partial charge in [-0.1, -0.05) is 0 Å². The van der Waals surface area contributed by atoms with Gasteiger partial charge in [0.1, 0.15) is 10.0 Å². The molecule has 0 radical (unpaired) electrons. The van der Waals surface area contributed by atoms with Crippen LogP contribution >= 0.6 is 11.3 Å². The van der Waals surface area contributed by atoms with Gasteiger partial charge in [0.05, 0.1) is 0 Å². The van der Waals surface area contributed by atoms with Crippen molar-refractivity contribution < 1.29 is 0 Å². The Morgan fingerprint density at radius 1 is 1.50 bits per heavy atom. The van der Waals surface area contributed by atoms with Crippen LogP contribution in [0.4, 0.5) is 0 Å². The average Bonchev–Trinajstić information content (AvgIpc) is 2.54. The highest BCUT2D eigenvalue weighted by Crippen LogP contribution is 2.25. The van der Waals surface area contributed by atoms with Gasteiger partial charge in [0.25, 0.3) is 0 Å². The molecule has 0 aromatic carbocycles. The Morgan fingerprint density at radius 3 is 3.00 bits per heavy atom. The van der Waals surface area contributed by atoms with E-state index < -0.39 is 0 Å². The zero-order valence-electron chi connectivity index (χ0n) is 7.21. The third-order valence-corrected chi connectivity index (χ3v) is 3.19. The van der Waals surface area contributed by atoms with Gasteiger partial charge in [-0.2, -0.15) is 0 Å². The Kier molecular flexibility index (Phi) is 2.37. The number of hydrogen-bond acceptors (Lipinski definition) is 4. The van der Waals surface area contributed by atoms with Crippen molar-refractivity contribution in [3.8, 4) is 0 Å². The minimum atomic E-state index is 0.616. The van der Waals surface area contributed by atoms with Gasteiger partial charge in [0.15, 0.2) is 0 Å². The SMILES string of the molecule is Cc1nnc(C2CCCNC2)s1. The molecule has 1 unspecified atom stereocenters. The van der Waals surface area contributed by atoms with Crippen LogP contribution in [0, 0.1) is 6.92 Å². The molecular formula is C8H13N3S. The maximum absolute atomic E-state index is 4.17. The second-order valence-corrected chi connectivity index (χ2v) is 4.42. The minimum absolute atomic E-state index is 0.616. The highest BCUT2D eigenvalue weighted by atomic mass is 32.1. The summed E-state index contributed by atoms with van der Waals surface area (Å²) in [6.45, 7) is 4.25. The lowest BCUT2D eigenvalue weighted by Gasteiger charge is -2.19. The van der Waals surface area contributed by atoms with Crippen LogP contribution < -0.4 is 5.32 Å². The van der Waals surface area contributed by atoms with Gasteiger partial charge in [-0.05, 0) is 26.3 Å². The lowest BCUT2D eigenvalue weighted by atomic mass is 10.0. The third kappa shape index (κ3) is 1.64. The van der Waals surface area contributed by atoms with E-state index in [4.69, 9.17) is 0 Å². The van der Waals surface area contributed by atoms with Crippen LogP contribution in [0.2, 0.25) is 0 Å². The highest BCUT2D eigenvalue weighted by Gasteiger charge is 2.18. The molecule has 0 bridgehead atoms. The molecule has 2 rings (SSSR count). The van der Waals surface area contributed by atoms with Crippen molar-refractivity contribution in [2.45, 2.75) is 25.7 Å². The van der Waals surface area contributed by atoms with E-state index in [0.29, 0.717) is 5.92 Å². The van der Waals surface area contributed by atoms with Crippen LogP contribution in [0.5, 0.6) is 0 Å². The molecule has 0 aliphatic carbocycles. The summed E-state index contributed by atoms with van der Waals surface area (Å²) in [4.78, 5) is 0. The van der Waals surface area contributed by atoms with Gasteiger partial charge in [-0.15, -0.1) is 21.5 Å².